The van der Waals surface area contributed by atoms with Gasteiger partial charge in [0.05, 0.1) is 6.61 Å². The molecule has 0 aromatic carbocycles. The Labute approximate surface area is 128 Å². The van der Waals surface area contributed by atoms with Crippen LogP contribution in [0.5, 0.6) is 0 Å². The average molecular weight is 298 g/mol. The molecule has 6 nitrogen and oxygen atoms in total. The highest BCUT2D eigenvalue weighted by molar-refractivity contribution is 5.86. The van der Waals surface area contributed by atoms with Crippen LogP contribution in [-0.2, 0) is 9.53 Å². The van der Waals surface area contributed by atoms with Crippen LogP contribution in [0.2, 0.25) is 0 Å². The van der Waals surface area contributed by atoms with Crippen LogP contribution in [0, 0.1) is 5.41 Å². The maximum absolute atomic E-state index is 11.7. The zero-order chi connectivity index (χ0) is 16.1. The van der Waals surface area contributed by atoms with E-state index in [2.05, 4.69) is 48.2 Å². The van der Waals surface area contributed by atoms with Crippen LogP contribution >= 0.6 is 0 Å². The number of hydrogen-bond acceptors (Lipinski definition) is 3. The van der Waals surface area contributed by atoms with Crippen LogP contribution in [0.1, 0.15) is 34.6 Å². The van der Waals surface area contributed by atoms with Crippen molar-refractivity contribution in [1.29, 1.82) is 0 Å². The van der Waals surface area contributed by atoms with Crippen LogP contribution in [0.4, 0.5) is 0 Å². The fourth-order valence-electron chi connectivity index (χ4n) is 2.29. The fourth-order valence-corrected chi connectivity index (χ4v) is 2.29. The molecule has 1 amide bonds. The van der Waals surface area contributed by atoms with Gasteiger partial charge in [-0.1, -0.05) is 13.8 Å². The van der Waals surface area contributed by atoms with Crippen LogP contribution < -0.4 is 10.6 Å². The quantitative estimate of drug-likeness (QED) is 0.433. The first kappa shape index (κ1) is 17.8. The summed E-state index contributed by atoms with van der Waals surface area (Å²) in [7, 11) is 1.61. The van der Waals surface area contributed by atoms with E-state index < -0.39 is 0 Å². The molecule has 0 bridgehead atoms. The molecule has 1 aliphatic heterocycles. The summed E-state index contributed by atoms with van der Waals surface area (Å²) in [6.45, 7) is 13.9. The molecule has 0 atom stereocenters. The summed E-state index contributed by atoms with van der Waals surface area (Å²) in [5.74, 6) is 0.726. The number of aliphatic imine (C=N–C) groups is 1. The number of likely N-dealkylation sites (tertiary alicyclic amines) is 1. The molecule has 0 radical (unpaired) electrons. The van der Waals surface area contributed by atoms with E-state index in [1.54, 1.807) is 7.11 Å². The van der Waals surface area contributed by atoms with Crippen LogP contribution in [-0.4, -0.2) is 62.2 Å². The summed E-state index contributed by atoms with van der Waals surface area (Å²) in [5, 5.41) is 6.05. The summed E-state index contributed by atoms with van der Waals surface area (Å²) in [6.07, 6.45) is 0. The normalized spacial score (nSPS) is 19.9. The van der Waals surface area contributed by atoms with Crippen molar-refractivity contribution in [3.05, 3.63) is 0 Å². The van der Waals surface area contributed by atoms with Gasteiger partial charge in [0.25, 0.3) is 0 Å². The van der Waals surface area contributed by atoms with E-state index in [0.717, 1.165) is 19.0 Å². The van der Waals surface area contributed by atoms with Crippen molar-refractivity contribution in [3.63, 3.8) is 0 Å². The predicted molar refractivity (Wildman–Crippen MR) is 85.4 cm³/mol. The molecule has 0 saturated carbocycles. The third-order valence-electron chi connectivity index (χ3n) is 4.48. The molecule has 1 fully saturated rings. The molecule has 1 saturated heterocycles. The smallest absolute Gasteiger partial charge is 0.241 e. The lowest BCUT2D eigenvalue weighted by Gasteiger charge is -2.62. The maximum Gasteiger partial charge on any atom is 0.241 e. The first-order valence-corrected chi connectivity index (χ1v) is 7.58. The average Bonchev–Trinajstić information content (AvgIpc) is 2.41. The van der Waals surface area contributed by atoms with Crippen molar-refractivity contribution >= 4 is 11.9 Å². The first-order chi connectivity index (χ1) is 9.76. The third kappa shape index (κ3) is 4.09. The number of carbonyl (C=O) groups excluding carboxylic acids is 1. The van der Waals surface area contributed by atoms with Crippen LogP contribution in [0.3, 0.4) is 0 Å². The van der Waals surface area contributed by atoms with Gasteiger partial charge in [0.2, 0.25) is 5.91 Å². The molecule has 1 aliphatic rings. The Balaban J connectivity index is 2.62. The van der Waals surface area contributed by atoms with E-state index in [0.29, 0.717) is 13.2 Å². The Morgan fingerprint density at radius 2 is 1.95 bits per heavy atom. The van der Waals surface area contributed by atoms with Crippen LogP contribution in [0.25, 0.3) is 0 Å². The van der Waals surface area contributed by atoms with E-state index in [-0.39, 0.29) is 23.4 Å². The second-order valence-electron chi connectivity index (χ2n) is 6.54. The molecule has 21 heavy (non-hydrogen) atoms. The van der Waals surface area contributed by atoms with Gasteiger partial charge in [-0.25, -0.2) is 4.99 Å². The van der Waals surface area contributed by atoms with E-state index in [9.17, 15) is 4.79 Å². The van der Waals surface area contributed by atoms with Crippen molar-refractivity contribution in [2.24, 2.45) is 10.4 Å². The van der Waals surface area contributed by atoms with Gasteiger partial charge in [0, 0.05) is 37.7 Å². The highest BCUT2D eigenvalue weighted by atomic mass is 16.5. The number of ether oxygens (including phenoxy) is 1. The molecule has 0 aromatic heterocycles. The minimum absolute atomic E-state index is 0.0283. The molecule has 1 heterocycles. The number of nitrogens with one attached hydrogen (secondary N) is 2. The van der Waals surface area contributed by atoms with Crippen molar-refractivity contribution in [2.75, 3.05) is 39.9 Å². The number of amides is 1. The Kier molecular flexibility index (Phi) is 6.01. The molecule has 0 spiro atoms. The lowest BCUT2D eigenvalue weighted by molar-refractivity contribution is -0.119. The molecular weight excluding hydrogens is 268 g/mol. The van der Waals surface area contributed by atoms with E-state index >= 15 is 0 Å². The number of nitrogens with zero attached hydrogens (tertiary/aromatic N) is 2. The summed E-state index contributed by atoms with van der Waals surface area (Å²) < 4.78 is 4.90. The van der Waals surface area contributed by atoms with Gasteiger partial charge in [0.15, 0.2) is 5.96 Å². The Hall–Kier alpha value is -1.30. The largest absolute Gasteiger partial charge is 0.383 e. The summed E-state index contributed by atoms with van der Waals surface area (Å²) in [4.78, 5) is 18.4. The topological polar surface area (TPSA) is 66.0 Å². The minimum atomic E-state index is -0.0833. The van der Waals surface area contributed by atoms with E-state index in [1.807, 2.05) is 6.92 Å². The minimum Gasteiger partial charge on any atom is -0.383 e. The molecule has 1 rings (SSSR count). The van der Waals surface area contributed by atoms with Gasteiger partial charge in [-0.3, -0.25) is 4.79 Å². The highest BCUT2D eigenvalue weighted by Gasteiger charge is 2.53. The van der Waals surface area contributed by atoms with Gasteiger partial charge in [0.1, 0.15) is 6.54 Å². The molecule has 0 aliphatic carbocycles. The Morgan fingerprint density at radius 1 is 1.29 bits per heavy atom. The van der Waals surface area contributed by atoms with Crippen molar-refractivity contribution in [1.82, 2.24) is 15.5 Å². The number of carbonyl (C=O) groups is 1. The van der Waals surface area contributed by atoms with Gasteiger partial charge in [-0.2, -0.15) is 0 Å². The number of rotatable bonds is 6. The Bertz CT molecular complexity index is 391. The second-order valence-corrected chi connectivity index (χ2v) is 6.54. The molecule has 0 unspecified atom stereocenters. The summed E-state index contributed by atoms with van der Waals surface area (Å²) >= 11 is 0. The van der Waals surface area contributed by atoms with Crippen LogP contribution in [0.15, 0.2) is 4.99 Å². The molecule has 0 aromatic rings. The standard InChI is InChI=1S/C15H30N4O2/c1-7-16-13(18-10-12(20)17-8-9-21-6)19-11-14(2,3)15(19,4)5/h7-11H2,1-6H3,(H,16,18)(H,17,20). The molecular formula is C15H30N4O2. The van der Waals surface area contributed by atoms with Gasteiger partial charge >= 0.3 is 0 Å². The monoisotopic (exact) mass is 298 g/mol. The molecule has 122 valence electrons. The summed E-state index contributed by atoms with van der Waals surface area (Å²) in [5.41, 5.74) is 0.268. The van der Waals surface area contributed by atoms with Crippen molar-refractivity contribution in [2.45, 2.75) is 40.2 Å². The molecule has 2 N–H and O–H groups in total. The van der Waals surface area contributed by atoms with Crippen molar-refractivity contribution in [3.8, 4) is 0 Å². The SMILES string of the molecule is CCNC(=NCC(=O)NCCOC)N1CC(C)(C)C1(C)C. The van der Waals surface area contributed by atoms with Crippen molar-refractivity contribution < 1.29 is 9.53 Å². The van der Waals surface area contributed by atoms with E-state index in [4.69, 9.17) is 4.74 Å². The number of hydrogen-bond donors (Lipinski definition) is 2. The molecule has 6 heteroatoms. The van der Waals surface area contributed by atoms with Gasteiger partial charge in [-0.05, 0) is 20.8 Å². The lowest BCUT2D eigenvalue weighted by Crippen LogP contribution is -2.72. The van der Waals surface area contributed by atoms with Gasteiger partial charge in [-0.15, -0.1) is 0 Å². The third-order valence-corrected chi connectivity index (χ3v) is 4.48. The Morgan fingerprint density at radius 3 is 2.43 bits per heavy atom. The zero-order valence-electron chi connectivity index (χ0n) is 14.2. The van der Waals surface area contributed by atoms with E-state index in [1.165, 1.54) is 0 Å². The fraction of sp³-hybridized carbons (Fsp3) is 0.867. The highest BCUT2D eigenvalue weighted by Crippen LogP contribution is 2.46. The second kappa shape index (κ2) is 7.11. The maximum atomic E-state index is 11.7. The lowest BCUT2D eigenvalue weighted by atomic mass is 9.65. The predicted octanol–water partition coefficient (Wildman–Crippen LogP) is 0.835. The van der Waals surface area contributed by atoms with Gasteiger partial charge < -0.3 is 20.3 Å². The number of methoxy groups -OCH3 is 1. The summed E-state index contributed by atoms with van der Waals surface area (Å²) in [6, 6.07) is 0. The first-order valence-electron chi connectivity index (χ1n) is 7.58. The number of guanidine groups is 1. The zero-order valence-corrected chi connectivity index (χ0v) is 14.2.